The van der Waals surface area contributed by atoms with Crippen LogP contribution >= 0.6 is 0 Å². The lowest BCUT2D eigenvalue weighted by atomic mass is 10.1. The fourth-order valence-corrected chi connectivity index (χ4v) is 1.69. The zero-order valence-corrected chi connectivity index (χ0v) is 10.1. The Morgan fingerprint density at radius 1 is 1.39 bits per heavy atom. The van der Waals surface area contributed by atoms with Crippen LogP contribution in [0.15, 0.2) is 36.5 Å². The van der Waals surface area contributed by atoms with Gasteiger partial charge in [-0.2, -0.15) is 5.26 Å². The van der Waals surface area contributed by atoms with Crippen molar-refractivity contribution in [3.05, 3.63) is 53.3 Å². The molecule has 4 heteroatoms. The monoisotopic (exact) mass is 238 g/mol. The van der Waals surface area contributed by atoms with E-state index < -0.39 is 0 Å². The summed E-state index contributed by atoms with van der Waals surface area (Å²) >= 11 is 0. The van der Waals surface area contributed by atoms with Crippen LogP contribution in [0.25, 0.3) is 0 Å². The van der Waals surface area contributed by atoms with Crippen molar-refractivity contribution in [1.29, 1.82) is 5.26 Å². The van der Waals surface area contributed by atoms with E-state index in [4.69, 9.17) is 11.0 Å². The summed E-state index contributed by atoms with van der Waals surface area (Å²) in [7, 11) is 0. The topological polar surface area (TPSA) is 74.7 Å². The molecule has 0 spiro atoms. The van der Waals surface area contributed by atoms with E-state index in [2.05, 4.69) is 16.4 Å². The number of nitriles is 1. The van der Waals surface area contributed by atoms with E-state index in [1.807, 2.05) is 25.1 Å². The summed E-state index contributed by atoms with van der Waals surface area (Å²) in [6, 6.07) is 11.3. The predicted molar refractivity (Wildman–Crippen MR) is 71.9 cm³/mol. The molecule has 0 atom stereocenters. The predicted octanol–water partition coefficient (Wildman–Crippen LogP) is 2.46. The first-order valence-corrected chi connectivity index (χ1v) is 5.64. The summed E-state index contributed by atoms with van der Waals surface area (Å²) in [5.41, 5.74) is 9.65. The summed E-state index contributed by atoms with van der Waals surface area (Å²) < 4.78 is 0. The van der Waals surface area contributed by atoms with Crippen molar-refractivity contribution < 1.29 is 0 Å². The SMILES string of the molecule is Cc1cccnc1CNc1ccc(N)cc1C#N. The number of nitrogens with one attached hydrogen (secondary N) is 1. The Balaban J connectivity index is 2.16. The van der Waals surface area contributed by atoms with Gasteiger partial charge in [-0.25, -0.2) is 0 Å². The van der Waals surface area contributed by atoms with Crippen LogP contribution in [0.3, 0.4) is 0 Å². The molecule has 0 bridgehead atoms. The van der Waals surface area contributed by atoms with Crippen molar-refractivity contribution >= 4 is 11.4 Å². The number of pyridine rings is 1. The van der Waals surface area contributed by atoms with Gasteiger partial charge in [-0.15, -0.1) is 0 Å². The standard InChI is InChI=1S/C14H14N4/c1-10-3-2-6-17-14(10)9-18-13-5-4-12(16)7-11(13)8-15/h2-7,18H,9,16H2,1H3. The Kier molecular flexibility index (Phi) is 3.44. The van der Waals surface area contributed by atoms with E-state index in [0.717, 1.165) is 16.9 Å². The lowest BCUT2D eigenvalue weighted by molar-refractivity contribution is 1.02. The fourth-order valence-electron chi connectivity index (χ4n) is 1.69. The number of hydrogen-bond donors (Lipinski definition) is 2. The molecule has 0 fully saturated rings. The van der Waals surface area contributed by atoms with Crippen LogP contribution in [0.1, 0.15) is 16.8 Å². The molecule has 2 aromatic rings. The van der Waals surface area contributed by atoms with Crippen LogP contribution < -0.4 is 11.1 Å². The molecule has 0 radical (unpaired) electrons. The van der Waals surface area contributed by atoms with Crippen LogP contribution in [0, 0.1) is 18.3 Å². The second-order valence-corrected chi connectivity index (χ2v) is 4.04. The molecule has 0 saturated carbocycles. The molecule has 2 rings (SSSR count). The summed E-state index contributed by atoms with van der Waals surface area (Å²) in [6.07, 6.45) is 1.76. The van der Waals surface area contributed by atoms with Gasteiger partial charge in [-0.1, -0.05) is 6.07 Å². The third-order valence-electron chi connectivity index (χ3n) is 2.73. The minimum absolute atomic E-state index is 0.545. The van der Waals surface area contributed by atoms with E-state index >= 15 is 0 Å². The lowest BCUT2D eigenvalue weighted by Gasteiger charge is -2.09. The zero-order valence-electron chi connectivity index (χ0n) is 10.1. The smallest absolute Gasteiger partial charge is 0.101 e. The Hall–Kier alpha value is -2.54. The number of rotatable bonds is 3. The molecule has 0 aliphatic rings. The van der Waals surface area contributed by atoms with Crippen molar-refractivity contribution in [2.45, 2.75) is 13.5 Å². The van der Waals surface area contributed by atoms with Gasteiger partial charge < -0.3 is 11.1 Å². The van der Waals surface area contributed by atoms with Crippen molar-refractivity contribution in [2.24, 2.45) is 0 Å². The second-order valence-electron chi connectivity index (χ2n) is 4.04. The minimum Gasteiger partial charge on any atom is -0.399 e. The van der Waals surface area contributed by atoms with Gasteiger partial charge in [0.2, 0.25) is 0 Å². The maximum Gasteiger partial charge on any atom is 0.101 e. The first-order chi connectivity index (χ1) is 8.70. The molecule has 0 saturated heterocycles. The van der Waals surface area contributed by atoms with Gasteiger partial charge in [0.25, 0.3) is 0 Å². The Bertz CT molecular complexity index is 599. The van der Waals surface area contributed by atoms with Gasteiger partial charge in [-0.3, -0.25) is 4.98 Å². The normalized spacial score (nSPS) is 9.78. The molecular formula is C14H14N4. The van der Waals surface area contributed by atoms with E-state index in [-0.39, 0.29) is 0 Å². The number of nitrogens with two attached hydrogens (primary N) is 1. The van der Waals surface area contributed by atoms with Crippen LogP contribution in [0.2, 0.25) is 0 Å². The second kappa shape index (κ2) is 5.19. The largest absolute Gasteiger partial charge is 0.399 e. The van der Waals surface area contributed by atoms with Gasteiger partial charge in [0.1, 0.15) is 6.07 Å². The highest BCUT2D eigenvalue weighted by atomic mass is 14.9. The molecular weight excluding hydrogens is 224 g/mol. The van der Waals surface area contributed by atoms with Crippen LogP contribution in [0.4, 0.5) is 11.4 Å². The summed E-state index contributed by atoms with van der Waals surface area (Å²) in [6.45, 7) is 2.60. The highest BCUT2D eigenvalue weighted by Crippen LogP contribution is 2.18. The van der Waals surface area contributed by atoms with Gasteiger partial charge in [0.05, 0.1) is 23.5 Å². The lowest BCUT2D eigenvalue weighted by Crippen LogP contribution is -2.05. The van der Waals surface area contributed by atoms with Crippen molar-refractivity contribution in [2.75, 3.05) is 11.1 Å². The number of nitrogens with zero attached hydrogens (tertiary/aromatic N) is 2. The molecule has 1 aromatic heterocycles. The quantitative estimate of drug-likeness (QED) is 0.805. The highest BCUT2D eigenvalue weighted by molar-refractivity contribution is 5.63. The van der Waals surface area contributed by atoms with Crippen molar-refractivity contribution in [3.63, 3.8) is 0 Å². The molecule has 0 amide bonds. The van der Waals surface area contributed by atoms with E-state index in [1.165, 1.54) is 0 Å². The van der Waals surface area contributed by atoms with Gasteiger partial charge in [0.15, 0.2) is 0 Å². The van der Waals surface area contributed by atoms with Crippen LogP contribution in [-0.2, 0) is 6.54 Å². The first-order valence-electron chi connectivity index (χ1n) is 5.64. The molecule has 1 heterocycles. The Labute approximate surface area is 106 Å². The maximum absolute atomic E-state index is 9.03. The summed E-state index contributed by atoms with van der Waals surface area (Å²) in [4.78, 5) is 4.30. The number of anilines is 2. The molecule has 3 N–H and O–H groups in total. The average molecular weight is 238 g/mol. The number of benzene rings is 1. The van der Waals surface area contributed by atoms with E-state index in [9.17, 15) is 0 Å². The molecule has 90 valence electrons. The average Bonchev–Trinajstić information content (AvgIpc) is 2.39. The fraction of sp³-hybridized carbons (Fsp3) is 0.143. The van der Waals surface area contributed by atoms with Crippen molar-refractivity contribution in [1.82, 2.24) is 4.98 Å². The Morgan fingerprint density at radius 2 is 2.22 bits per heavy atom. The molecule has 18 heavy (non-hydrogen) atoms. The highest BCUT2D eigenvalue weighted by Gasteiger charge is 2.03. The van der Waals surface area contributed by atoms with E-state index in [0.29, 0.717) is 17.8 Å². The number of aryl methyl sites for hydroxylation is 1. The van der Waals surface area contributed by atoms with Crippen LogP contribution in [0.5, 0.6) is 0 Å². The van der Waals surface area contributed by atoms with Gasteiger partial charge in [0, 0.05) is 11.9 Å². The number of aromatic nitrogens is 1. The van der Waals surface area contributed by atoms with Crippen molar-refractivity contribution in [3.8, 4) is 6.07 Å². The molecule has 1 aromatic carbocycles. The molecule has 4 nitrogen and oxygen atoms in total. The van der Waals surface area contributed by atoms with Gasteiger partial charge in [-0.05, 0) is 36.8 Å². The summed E-state index contributed by atoms with van der Waals surface area (Å²) in [5.74, 6) is 0. The molecule has 0 aliphatic heterocycles. The first kappa shape index (κ1) is 11.9. The zero-order chi connectivity index (χ0) is 13.0. The third-order valence-corrected chi connectivity index (χ3v) is 2.73. The minimum atomic E-state index is 0.545. The maximum atomic E-state index is 9.03. The molecule has 0 unspecified atom stereocenters. The third kappa shape index (κ3) is 2.58. The van der Waals surface area contributed by atoms with E-state index in [1.54, 1.807) is 18.3 Å². The number of nitrogen functional groups attached to an aromatic ring is 1. The summed E-state index contributed by atoms with van der Waals surface area (Å²) in [5, 5.41) is 12.2. The van der Waals surface area contributed by atoms with Gasteiger partial charge >= 0.3 is 0 Å². The molecule has 0 aliphatic carbocycles. The van der Waals surface area contributed by atoms with Crippen LogP contribution in [-0.4, -0.2) is 4.98 Å². The number of hydrogen-bond acceptors (Lipinski definition) is 4. The Morgan fingerprint density at radius 3 is 2.94 bits per heavy atom.